The average molecular weight is 298 g/mol. The first-order chi connectivity index (χ1) is 7.65. The molecule has 1 aromatic carbocycles. The van der Waals surface area contributed by atoms with Gasteiger partial charge in [-0.25, -0.2) is 4.98 Å². The van der Waals surface area contributed by atoms with Crippen molar-refractivity contribution in [1.29, 1.82) is 0 Å². The van der Waals surface area contributed by atoms with Gasteiger partial charge in [-0.1, -0.05) is 35.0 Å². The van der Waals surface area contributed by atoms with E-state index in [2.05, 4.69) is 62.3 Å². The molecule has 16 heavy (non-hydrogen) atoms. The number of nitrogens with zero attached hydrogens (tertiary/aromatic N) is 1. The van der Waals surface area contributed by atoms with Gasteiger partial charge >= 0.3 is 0 Å². The summed E-state index contributed by atoms with van der Waals surface area (Å²) in [5, 5.41) is 5.77. The van der Waals surface area contributed by atoms with Gasteiger partial charge in [-0.2, -0.15) is 0 Å². The zero-order chi connectivity index (χ0) is 11.5. The van der Waals surface area contributed by atoms with Crippen LogP contribution in [0.15, 0.2) is 28.7 Å². The summed E-state index contributed by atoms with van der Waals surface area (Å²) >= 11 is 8.34. The predicted octanol–water partition coefficient (Wildman–Crippen LogP) is 3.58. The van der Waals surface area contributed by atoms with Crippen LogP contribution in [0.1, 0.15) is 24.2 Å². The zero-order valence-corrected chi connectivity index (χ0v) is 11.2. The molecular formula is C11H12BrN3S. The quantitative estimate of drug-likeness (QED) is 0.851. The fourth-order valence-electron chi connectivity index (χ4n) is 1.60. The van der Waals surface area contributed by atoms with Crippen molar-refractivity contribution in [3.05, 3.63) is 44.9 Å². The van der Waals surface area contributed by atoms with Crippen LogP contribution >= 0.6 is 28.1 Å². The Balaban J connectivity index is 2.11. The van der Waals surface area contributed by atoms with Crippen LogP contribution in [0, 0.1) is 4.77 Å². The molecular weight excluding hydrogens is 286 g/mol. The number of aromatic amines is 2. The summed E-state index contributed by atoms with van der Waals surface area (Å²) < 4.78 is 1.61. The van der Waals surface area contributed by atoms with E-state index < -0.39 is 0 Å². The number of rotatable bonds is 3. The van der Waals surface area contributed by atoms with Gasteiger partial charge in [0.2, 0.25) is 4.77 Å². The van der Waals surface area contributed by atoms with Crippen LogP contribution in [0.5, 0.6) is 0 Å². The lowest BCUT2D eigenvalue weighted by Gasteiger charge is -2.09. The van der Waals surface area contributed by atoms with Crippen molar-refractivity contribution in [2.24, 2.45) is 0 Å². The molecule has 1 aromatic heterocycles. The largest absolute Gasteiger partial charge is 0.286 e. The Bertz CT molecular complexity index is 515. The molecule has 5 heteroatoms. The van der Waals surface area contributed by atoms with Crippen molar-refractivity contribution in [2.45, 2.75) is 19.3 Å². The Labute approximate surface area is 107 Å². The summed E-state index contributed by atoms with van der Waals surface area (Å²) in [6.07, 6.45) is 0.856. The van der Waals surface area contributed by atoms with Gasteiger partial charge in [-0.15, -0.1) is 0 Å². The van der Waals surface area contributed by atoms with Crippen molar-refractivity contribution >= 4 is 28.1 Å². The molecule has 2 rings (SSSR count). The van der Waals surface area contributed by atoms with Crippen LogP contribution in [-0.4, -0.2) is 15.2 Å². The number of hydrogen-bond donors (Lipinski definition) is 2. The highest BCUT2D eigenvalue weighted by Gasteiger charge is 2.08. The molecule has 0 aliphatic heterocycles. The molecule has 3 nitrogen and oxygen atoms in total. The van der Waals surface area contributed by atoms with Gasteiger partial charge in [-0.05, 0) is 35.8 Å². The number of halogens is 1. The number of aromatic nitrogens is 3. The molecule has 2 aromatic rings. The number of nitrogens with one attached hydrogen (secondary N) is 2. The summed E-state index contributed by atoms with van der Waals surface area (Å²) in [5.74, 6) is 1.32. The number of hydrogen-bond acceptors (Lipinski definition) is 2. The number of benzene rings is 1. The summed E-state index contributed by atoms with van der Waals surface area (Å²) in [7, 11) is 0. The first-order valence-corrected chi connectivity index (χ1v) is 6.24. The van der Waals surface area contributed by atoms with Gasteiger partial charge in [0.05, 0.1) is 0 Å². The van der Waals surface area contributed by atoms with Crippen molar-refractivity contribution in [2.75, 3.05) is 0 Å². The normalized spacial score (nSPS) is 12.6. The lowest BCUT2D eigenvalue weighted by Crippen LogP contribution is -2.00. The first-order valence-electron chi connectivity index (χ1n) is 5.04. The fraction of sp³-hybridized carbons (Fsp3) is 0.273. The predicted molar refractivity (Wildman–Crippen MR) is 70.0 cm³/mol. The van der Waals surface area contributed by atoms with E-state index in [0.29, 0.717) is 10.7 Å². The third-order valence-corrected chi connectivity index (χ3v) is 3.21. The van der Waals surface area contributed by atoms with E-state index in [4.69, 9.17) is 12.2 Å². The minimum atomic E-state index is 0.419. The van der Waals surface area contributed by atoms with E-state index in [1.165, 1.54) is 5.56 Å². The highest BCUT2D eigenvalue weighted by Crippen LogP contribution is 2.20. The molecule has 0 saturated heterocycles. The molecule has 1 atom stereocenters. The van der Waals surface area contributed by atoms with Gasteiger partial charge in [0.15, 0.2) is 0 Å². The Morgan fingerprint density at radius 2 is 2.00 bits per heavy atom. The van der Waals surface area contributed by atoms with E-state index in [1.807, 2.05) is 0 Å². The molecule has 0 radical (unpaired) electrons. The lowest BCUT2D eigenvalue weighted by atomic mass is 9.98. The maximum Gasteiger partial charge on any atom is 0.213 e. The SMILES string of the molecule is CC(Cc1nc(=S)[nH][nH]1)c1ccc(Br)cc1. The maximum absolute atomic E-state index is 4.92. The Hall–Kier alpha value is -0.940. The van der Waals surface area contributed by atoms with Gasteiger partial charge in [0, 0.05) is 10.9 Å². The van der Waals surface area contributed by atoms with Gasteiger partial charge in [-0.3, -0.25) is 10.2 Å². The van der Waals surface area contributed by atoms with Crippen LogP contribution in [0.25, 0.3) is 0 Å². The summed E-state index contributed by atoms with van der Waals surface area (Å²) in [6.45, 7) is 2.18. The summed E-state index contributed by atoms with van der Waals surface area (Å²) in [6, 6.07) is 8.35. The average Bonchev–Trinajstić information content (AvgIpc) is 2.65. The van der Waals surface area contributed by atoms with Crippen LogP contribution in [0.3, 0.4) is 0 Å². The van der Waals surface area contributed by atoms with Gasteiger partial charge < -0.3 is 0 Å². The second-order valence-corrected chi connectivity index (χ2v) is 5.07. The Kier molecular flexibility index (Phi) is 3.56. The Morgan fingerprint density at radius 3 is 2.56 bits per heavy atom. The molecule has 0 bridgehead atoms. The van der Waals surface area contributed by atoms with Gasteiger partial charge in [0.1, 0.15) is 5.82 Å². The molecule has 1 heterocycles. The second kappa shape index (κ2) is 4.93. The molecule has 0 amide bonds. The molecule has 0 aliphatic rings. The van der Waals surface area contributed by atoms with Gasteiger partial charge in [0.25, 0.3) is 0 Å². The summed E-state index contributed by atoms with van der Waals surface area (Å²) in [5.41, 5.74) is 1.30. The fourth-order valence-corrected chi connectivity index (χ4v) is 2.03. The monoisotopic (exact) mass is 297 g/mol. The standard InChI is InChI=1S/C11H12BrN3S/c1-7(6-10-13-11(16)15-14-10)8-2-4-9(12)5-3-8/h2-5,7H,6H2,1H3,(H2,13,14,15,16). The van der Waals surface area contributed by atoms with Crippen LogP contribution in [0.2, 0.25) is 0 Å². The van der Waals surface area contributed by atoms with Crippen molar-refractivity contribution in [1.82, 2.24) is 15.2 Å². The third kappa shape index (κ3) is 2.80. The lowest BCUT2D eigenvalue weighted by molar-refractivity contribution is 0.720. The minimum absolute atomic E-state index is 0.419. The van der Waals surface area contributed by atoms with E-state index in [1.54, 1.807) is 0 Å². The second-order valence-electron chi connectivity index (χ2n) is 3.77. The topological polar surface area (TPSA) is 44.5 Å². The van der Waals surface area contributed by atoms with E-state index in [9.17, 15) is 0 Å². The van der Waals surface area contributed by atoms with Crippen LogP contribution < -0.4 is 0 Å². The first kappa shape index (κ1) is 11.5. The van der Waals surface area contributed by atoms with E-state index in [-0.39, 0.29) is 0 Å². The zero-order valence-electron chi connectivity index (χ0n) is 8.83. The van der Waals surface area contributed by atoms with Crippen molar-refractivity contribution in [3.63, 3.8) is 0 Å². The molecule has 0 fully saturated rings. The van der Waals surface area contributed by atoms with Crippen molar-refractivity contribution in [3.8, 4) is 0 Å². The molecule has 0 saturated carbocycles. The molecule has 0 aliphatic carbocycles. The number of H-pyrrole nitrogens is 2. The molecule has 2 N–H and O–H groups in total. The van der Waals surface area contributed by atoms with E-state index >= 15 is 0 Å². The van der Waals surface area contributed by atoms with E-state index in [0.717, 1.165) is 16.7 Å². The smallest absolute Gasteiger partial charge is 0.213 e. The Morgan fingerprint density at radius 1 is 1.31 bits per heavy atom. The van der Waals surface area contributed by atoms with Crippen LogP contribution in [-0.2, 0) is 6.42 Å². The summed E-state index contributed by atoms with van der Waals surface area (Å²) in [4.78, 5) is 4.19. The molecule has 84 valence electrons. The highest BCUT2D eigenvalue weighted by atomic mass is 79.9. The molecule has 0 spiro atoms. The highest BCUT2D eigenvalue weighted by molar-refractivity contribution is 9.10. The minimum Gasteiger partial charge on any atom is -0.286 e. The molecule has 1 unspecified atom stereocenters. The third-order valence-electron chi connectivity index (χ3n) is 2.49. The van der Waals surface area contributed by atoms with Crippen LogP contribution in [0.4, 0.5) is 0 Å². The maximum atomic E-state index is 4.92. The van der Waals surface area contributed by atoms with Crippen molar-refractivity contribution < 1.29 is 0 Å².